The summed E-state index contributed by atoms with van der Waals surface area (Å²) in [7, 11) is 0. The van der Waals surface area contributed by atoms with E-state index < -0.39 is 0 Å². The van der Waals surface area contributed by atoms with Gasteiger partial charge in [0.1, 0.15) is 12.4 Å². The first-order valence-electron chi connectivity index (χ1n) is 6.48. The molecule has 0 heterocycles. The molecule has 1 aromatic carbocycles. The third-order valence-corrected chi connectivity index (χ3v) is 3.52. The van der Waals surface area contributed by atoms with Crippen molar-refractivity contribution in [3.63, 3.8) is 0 Å². The van der Waals surface area contributed by atoms with Crippen molar-refractivity contribution >= 4 is 15.9 Å². The van der Waals surface area contributed by atoms with Crippen molar-refractivity contribution in [2.24, 2.45) is 5.73 Å². The van der Waals surface area contributed by atoms with Crippen molar-refractivity contribution in [3.05, 3.63) is 28.2 Å². The highest BCUT2D eigenvalue weighted by Crippen LogP contribution is 2.27. The van der Waals surface area contributed by atoms with Crippen LogP contribution in [-0.4, -0.2) is 31.1 Å². The third kappa shape index (κ3) is 4.59. The zero-order chi connectivity index (χ0) is 13.5. The lowest BCUT2D eigenvalue weighted by atomic mass is 10.1. The van der Waals surface area contributed by atoms with Gasteiger partial charge in [-0.05, 0) is 38.2 Å². The van der Waals surface area contributed by atoms with Gasteiger partial charge in [-0.25, -0.2) is 0 Å². The van der Waals surface area contributed by atoms with E-state index in [1.165, 1.54) is 0 Å². The van der Waals surface area contributed by atoms with Crippen molar-refractivity contribution in [1.29, 1.82) is 0 Å². The number of halogens is 1. The molecular weight excluding hydrogens is 292 g/mol. The largest absolute Gasteiger partial charge is 0.492 e. The van der Waals surface area contributed by atoms with Crippen LogP contribution in [0.2, 0.25) is 0 Å². The maximum Gasteiger partial charge on any atom is 0.124 e. The first-order chi connectivity index (χ1) is 8.58. The summed E-state index contributed by atoms with van der Waals surface area (Å²) in [6.45, 7) is 10.1. The van der Waals surface area contributed by atoms with Crippen molar-refractivity contribution < 1.29 is 4.74 Å². The number of nitrogens with two attached hydrogens (primary N) is 1. The molecule has 0 saturated heterocycles. The predicted molar refractivity (Wildman–Crippen MR) is 80.0 cm³/mol. The first-order valence-corrected chi connectivity index (χ1v) is 7.28. The third-order valence-electron chi connectivity index (χ3n) is 3.02. The zero-order valence-corrected chi connectivity index (χ0v) is 13.0. The van der Waals surface area contributed by atoms with Gasteiger partial charge in [-0.3, -0.25) is 0 Å². The lowest BCUT2D eigenvalue weighted by molar-refractivity contribution is 0.221. The van der Waals surface area contributed by atoms with E-state index in [0.29, 0.717) is 6.61 Å². The van der Waals surface area contributed by atoms with Crippen LogP contribution in [0, 0.1) is 0 Å². The van der Waals surface area contributed by atoms with Gasteiger partial charge in [-0.2, -0.15) is 0 Å². The van der Waals surface area contributed by atoms with Crippen LogP contribution in [0.5, 0.6) is 5.75 Å². The molecule has 0 saturated carbocycles. The fraction of sp³-hybridized carbons (Fsp3) is 0.571. The molecule has 0 aliphatic heterocycles. The van der Waals surface area contributed by atoms with Crippen molar-refractivity contribution in [1.82, 2.24) is 4.90 Å². The Morgan fingerprint density at radius 1 is 1.33 bits per heavy atom. The predicted octanol–water partition coefficient (Wildman–Crippen LogP) is 3.19. The molecule has 1 unspecified atom stereocenters. The number of rotatable bonds is 7. The van der Waals surface area contributed by atoms with Gasteiger partial charge in [0.2, 0.25) is 0 Å². The number of likely N-dealkylation sites (N-methyl/N-ethyl adjacent to an activating group) is 1. The first kappa shape index (κ1) is 15.5. The number of nitrogens with zero attached hydrogens (tertiary/aromatic N) is 1. The lowest BCUT2D eigenvalue weighted by Gasteiger charge is -2.19. The van der Waals surface area contributed by atoms with Gasteiger partial charge >= 0.3 is 0 Å². The molecule has 2 N–H and O–H groups in total. The summed E-state index contributed by atoms with van der Waals surface area (Å²) in [5.74, 6) is 0.889. The molecule has 102 valence electrons. The smallest absolute Gasteiger partial charge is 0.124 e. The van der Waals surface area contributed by atoms with Crippen LogP contribution < -0.4 is 10.5 Å². The minimum Gasteiger partial charge on any atom is -0.492 e. The highest BCUT2D eigenvalue weighted by atomic mass is 79.9. The van der Waals surface area contributed by atoms with Crippen LogP contribution in [0.1, 0.15) is 32.4 Å². The topological polar surface area (TPSA) is 38.5 Å². The number of ether oxygens (including phenoxy) is 1. The Kier molecular flexibility index (Phi) is 6.68. The van der Waals surface area contributed by atoms with Crippen molar-refractivity contribution in [3.8, 4) is 5.75 Å². The number of hydrogen-bond donors (Lipinski definition) is 1. The van der Waals surface area contributed by atoms with Crippen LogP contribution in [0.3, 0.4) is 0 Å². The monoisotopic (exact) mass is 314 g/mol. The molecular formula is C14H23BrN2O. The minimum absolute atomic E-state index is 0.0223. The van der Waals surface area contributed by atoms with Gasteiger partial charge in [0.05, 0.1) is 0 Å². The van der Waals surface area contributed by atoms with Gasteiger partial charge in [-0.15, -0.1) is 0 Å². The average molecular weight is 315 g/mol. The molecule has 1 atom stereocenters. The summed E-state index contributed by atoms with van der Waals surface area (Å²) >= 11 is 3.46. The van der Waals surface area contributed by atoms with Gasteiger partial charge in [-0.1, -0.05) is 29.8 Å². The molecule has 0 aliphatic carbocycles. The SMILES string of the molecule is CCN(CC)CCOc1ccc(Br)cc1C(C)N. The lowest BCUT2D eigenvalue weighted by Crippen LogP contribution is -2.28. The Morgan fingerprint density at radius 3 is 2.56 bits per heavy atom. The van der Waals surface area contributed by atoms with Crippen LogP contribution in [0.4, 0.5) is 0 Å². The molecule has 0 aromatic heterocycles. The second-order valence-corrected chi connectivity index (χ2v) is 5.26. The Labute approximate surface area is 118 Å². The Hall–Kier alpha value is -0.580. The molecule has 0 amide bonds. The molecule has 0 spiro atoms. The van der Waals surface area contributed by atoms with E-state index in [0.717, 1.165) is 35.4 Å². The van der Waals surface area contributed by atoms with E-state index in [-0.39, 0.29) is 6.04 Å². The van der Waals surface area contributed by atoms with Crippen molar-refractivity contribution in [2.45, 2.75) is 26.8 Å². The second-order valence-electron chi connectivity index (χ2n) is 4.35. The summed E-state index contributed by atoms with van der Waals surface area (Å²) in [6.07, 6.45) is 0. The van der Waals surface area contributed by atoms with Crippen LogP contribution in [0.25, 0.3) is 0 Å². The van der Waals surface area contributed by atoms with E-state index in [1.54, 1.807) is 0 Å². The summed E-state index contributed by atoms with van der Waals surface area (Å²) < 4.78 is 6.88. The van der Waals surface area contributed by atoms with Crippen molar-refractivity contribution in [2.75, 3.05) is 26.2 Å². The Bertz CT molecular complexity index is 365. The summed E-state index contributed by atoms with van der Waals surface area (Å²) in [5, 5.41) is 0. The highest BCUT2D eigenvalue weighted by Gasteiger charge is 2.09. The van der Waals surface area contributed by atoms with Gasteiger partial charge < -0.3 is 15.4 Å². The molecule has 4 heteroatoms. The molecule has 18 heavy (non-hydrogen) atoms. The standard InChI is InChI=1S/C14H23BrN2O/c1-4-17(5-2)8-9-18-14-7-6-12(15)10-13(14)11(3)16/h6-7,10-11H,4-5,8-9,16H2,1-3H3. The van der Waals surface area contributed by atoms with Crippen LogP contribution in [-0.2, 0) is 0 Å². The summed E-state index contributed by atoms with van der Waals surface area (Å²) in [4.78, 5) is 2.34. The maximum absolute atomic E-state index is 5.96. The molecule has 3 nitrogen and oxygen atoms in total. The van der Waals surface area contributed by atoms with Crippen LogP contribution >= 0.6 is 15.9 Å². The van der Waals surface area contributed by atoms with E-state index in [9.17, 15) is 0 Å². The average Bonchev–Trinajstić information content (AvgIpc) is 2.36. The number of hydrogen-bond acceptors (Lipinski definition) is 3. The highest BCUT2D eigenvalue weighted by molar-refractivity contribution is 9.10. The van der Waals surface area contributed by atoms with E-state index in [1.807, 2.05) is 25.1 Å². The maximum atomic E-state index is 5.96. The van der Waals surface area contributed by atoms with Crippen LogP contribution in [0.15, 0.2) is 22.7 Å². The minimum atomic E-state index is -0.0223. The van der Waals surface area contributed by atoms with E-state index in [4.69, 9.17) is 10.5 Å². The zero-order valence-electron chi connectivity index (χ0n) is 11.4. The molecule has 0 fully saturated rings. The molecule has 0 radical (unpaired) electrons. The Morgan fingerprint density at radius 2 is 2.00 bits per heavy atom. The number of benzene rings is 1. The summed E-state index contributed by atoms with van der Waals surface area (Å²) in [5.41, 5.74) is 7.00. The Balaban J connectivity index is 2.61. The molecule has 0 aliphatic rings. The van der Waals surface area contributed by atoms with E-state index >= 15 is 0 Å². The molecule has 0 bridgehead atoms. The quantitative estimate of drug-likeness (QED) is 0.840. The van der Waals surface area contributed by atoms with Gasteiger partial charge in [0, 0.05) is 22.6 Å². The fourth-order valence-electron chi connectivity index (χ4n) is 1.83. The molecule has 1 aromatic rings. The van der Waals surface area contributed by atoms with Gasteiger partial charge in [0.15, 0.2) is 0 Å². The molecule has 1 rings (SSSR count). The summed E-state index contributed by atoms with van der Waals surface area (Å²) in [6, 6.07) is 5.96. The normalized spacial score (nSPS) is 12.8. The van der Waals surface area contributed by atoms with E-state index in [2.05, 4.69) is 34.7 Å². The fourth-order valence-corrected chi connectivity index (χ4v) is 2.21. The van der Waals surface area contributed by atoms with Gasteiger partial charge in [0.25, 0.3) is 0 Å². The second kappa shape index (κ2) is 7.77.